The maximum Gasteiger partial charge on any atom is 0.255 e. The first-order valence-corrected chi connectivity index (χ1v) is 7.74. The van der Waals surface area contributed by atoms with E-state index in [0.717, 1.165) is 30.2 Å². The number of ether oxygens (including phenoxy) is 1. The number of amides is 1. The maximum atomic E-state index is 12.3. The van der Waals surface area contributed by atoms with Gasteiger partial charge in [-0.2, -0.15) is 0 Å². The molecule has 0 atom stereocenters. The van der Waals surface area contributed by atoms with Crippen molar-refractivity contribution in [2.75, 3.05) is 13.7 Å². The van der Waals surface area contributed by atoms with Crippen LogP contribution >= 0.6 is 15.9 Å². The summed E-state index contributed by atoms with van der Waals surface area (Å²) in [6.45, 7) is 0.519. The van der Waals surface area contributed by atoms with Gasteiger partial charge in [-0.3, -0.25) is 4.79 Å². The molecule has 2 rings (SSSR count). The second-order valence-corrected chi connectivity index (χ2v) is 6.37. The normalized spacial score (nSPS) is 17.6. The second-order valence-electron chi connectivity index (χ2n) is 5.45. The highest BCUT2D eigenvalue weighted by Crippen LogP contribution is 2.26. The lowest BCUT2D eigenvalue weighted by Gasteiger charge is -2.33. The summed E-state index contributed by atoms with van der Waals surface area (Å²) in [5.41, 5.74) is 6.61. The Labute approximate surface area is 128 Å². The minimum absolute atomic E-state index is 0.134. The Bertz CT molecular complexity index is 485. The molecule has 4 nitrogen and oxygen atoms in total. The molecule has 1 fully saturated rings. The van der Waals surface area contributed by atoms with Crippen LogP contribution in [-0.4, -0.2) is 25.1 Å². The predicted molar refractivity (Wildman–Crippen MR) is 83.0 cm³/mol. The number of halogens is 1. The van der Waals surface area contributed by atoms with Crippen molar-refractivity contribution in [3.05, 3.63) is 28.2 Å². The molecule has 5 heteroatoms. The highest BCUT2D eigenvalue weighted by Gasteiger charge is 2.28. The summed E-state index contributed by atoms with van der Waals surface area (Å²) in [6, 6.07) is 5.37. The van der Waals surface area contributed by atoms with Crippen LogP contribution in [0.3, 0.4) is 0 Å². The molecule has 1 aliphatic rings. The standard InChI is InChI=1S/C15H21BrN2O2/c1-20-13-9-11(16)5-6-12(13)14(19)18-10-15(17)7-3-2-4-8-15/h5-6,9H,2-4,7-8,10,17H2,1H3,(H,18,19). The van der Waals surface area contributed by atoms with Gasteiger partial charge >= 0.3 is 0 Å². The van der Waals surface area contributed by atoms with Crippen molar-refractivity contribution in [1.29, 1.82) is 0 Å². The maximum absolute atomic E-state index is 12.3. The average Bonchev–Trinajstić information content (AvgIpc) is 2.45. The summed E-state index contributed by atoms with van der Waals surface area (Å²) in [7, 11) is 1.56. The molecule has 1 aromatic carbocycles. The van der Waals surface area contributed by atoms with E-state index >= 15 is 0 Å². The van der Waals surface area contributed by atoms with E-state index in [2.05, 4.69) is 21.2 Å². The number of nitrogens with two attached hydrogens (primary N) is 1. The third-order valence-corrected chi connectivity index (χ3v) is 4.35. The Morgan fingerprint density at radius 2 is 2.10 bits per heavy atom. The fourth-order valence-electron chi connectivity index (χ4n) is 2.64. The monoisotopic (exact) mass is 340 g/mol. The molecular formula is C15H21BrN2O2. The van der Waals surface area contributed by atoms with E-state index in [0.29, 0.717) is 17.9 Å². The van der Waals surface area contributed by atoms with Gasteiger partial charge in [0.15, 0.2) is 0 Å². The molecule has 1 amide bonds. The minimum Gasteiger partial charge on any atom is -0.496 e. The van der Waals surface area contributed by atoms with Gasteiger partial charge in [-0.05, 0) is 31.0 Å². The molecule has 0 unspecified atom stereocenters. The van der Waals surface area contributed by atoms with Gasteiger partial charge in [0.1, 0.15) is 5.75 Å². The first-order chi connectivity index (χ1) is 9.54. The van der Waals surface area contributed by atoms with E-state index in [4.69, 9.17) is 10.5 Å². The topological polar surface area (TPSA) is 64.3 Å². The summed E-state index contributed by atoms with van der Waals surface area (Å²) < 4.78 is 6.13. The third-order valence-electron chi connectivity index (χ3n) is 3.86. The largest absolute Gasteiger partial charge is 0.496 e. The Hall–Kier alpha value is -1.07. The van der Waals surface area contributed by atoms with Crippen LogP contribution in [0.2, 0.25) is 0 Å². The van der Waals surface area contributed by atoms with Crippen molar-refractivity contribution in [1.82, 2.24) is 5.32 Å². The van der Waals surface area contributed by atoms with Crippen molar-refractivity contribution in [3.63, 3.8) is 0 Å². The zero-order valence-corrected chi connectivity index (χ0v) is 13.3. The van der Waals surface area contributed by atoms with Gasteiger partial charge in [0.05, 0.1) is 12.7 Å². The average molecular weight is 341 g/mol. The number of carbonyl (C=O) groups is 1. The fraction of sp³-hybridized carbons (Fsp3) is 0.533. The van der Waals surface area contributed by atoms with Gasteiger partial charge in [-0.25, -0.2) is 0 Å². The Morgan fingerprint density at radius 3 is 2.75 bits per heavy atom. The lowest BCUT2D eigenvalue weighted by atomic mass is 9.82. The third kappa shape index (κ3) is 3.73. The number of rotatable bonds is 4. The van der Waals surface area contributed by atoms with Crippen molar-refractivity contribution in [2.45, 2.75) is 37.6 Å². The van der Waals surface area contributed by atoms with Crippen molar-refractivity contribution in [2.24, 2.45) is 5.73 Å². The van der Waals surface area contributed by atoms with E-state index in [1.54, 1.807) is 19.2 Å². The summed E-state index contributed by atoms with van der Waals surface area (Å²) in [4.78, 5) is 12.3. The summed E-state index contributed by atoms with van der Waals surface area (Å²) in [5.74, 6) is 0.427. The van der Waals surface area contributed by atoms with E-state index in [-0.39, 0.29) is 11.4 Å². The molecule has 3 N–H and O–H groups in total. The van der Waals surface area contributed by atoms with Gasteiger partial charge in [0.2, 0.25) is 0 Å². The Kier molecular flexibility index (Phi) is 5.05. The molecule has 0 spiro atoms. The van der Waals surface area contributed by atoms with Crippen LogP contribution in [0.15, 0.2) is 22.7 Å². The number of benzene rings is 1. The molecular weight excluding hydrogens is 320 g/mol. The molecule has 20 heavy (non-hydrogen) atoms. The van der Waals surface area contributed by atoms with Crippen molar-refractivity contribution < 1.29 is 9.53 Å². The van der Waals surface area contributed by atoms with Gasteiger partial charge in [-0.1, -0.05) is 35.2 Å². The van der Waals surface area contributed by atoms with Gasteiger partial charge < -0.3 is 15.8 Å². The molecule has 0 saturated heterocycles. The molecule has 1 saturated carbocycles. The summed E-state index contributed by atoms with van der Waals surface area (Å²) in [6.07, 6.45) is 5.49. The van der Waals surface area contributed by atoms with Crippen LogP contribution in [0, 0.1) is 0 Å². The van der Waals surface area contributed by atoms with Crippen LogP contribution in [-0.2, 0) is 0 Å². The first-order valence-electron chi connectivity index (χ1n) is 6.95. The number of methoxy groups -OCH3 is 1. The highest BCUT2D eigenvalue weighted by molar-refractivity contribution is 9.10. The van der Waals surface area contributed by atoms with E-state index in [9.17, 15) is 4.79 Å². The number of nitrogens with one attached hydrogen (secondary N) is 1. The summed E-state index contributed by atoms with van der Waals surface area (Å²) in [5, 5.41) is 2.94. The molecule has 0 radical (unpaired) electrons. The molecule has 0 aromatic heterocycles. The predicted octanol–water partition coefficient (Wildman–Crippen LogP) is 2.85. The highest BCUT2D eigenvalue weighted by atomic mass is 79.9. The van der Waals surface area contributed by atoms with E-state index in [1.165, 1.54) is 6.42 Å². The Morgan fingerprint density at radius 1 is 1.40 bits per heavy atom. The lowest BCUT2D eigenvalue weighted by Crippen LogP contribution is -2.51. The van der Waals surface area contributed by atoms with E-state index in [1.807, 2.05) is 6.07 Å². The molecule has 1 aromatic rings. The van der Waals surface area contributed by atoms with Crippen LogP contribution in [0.5, 0.6) is 5.75 Å². The van der Waals surface area contributed by atoms with Crippen LogP contribution < -0.4 is 15.8 Å². The lowest BCUT2D eigenvalue weighted by molar-refractivity contribution is 0.0934. The summed E-state index contributed by atoms with van der Waals surface area (Å²) >= 11 is 3.36. The van der Waals surface area contributed by atoms with Crippen LogP contribution in [0.1, 0.15) is 42.5 Å². The van der Waals surface area contributed by atoms with E-state index < -0.39 is 0 Å². The van der Waals surface area contributed by atoms with Crippen LogP contribution in [0.25, 0.3) is 0 Å². The van der Waals surface area contributed by atoms with Crippen molar-refractivity contribution in [3.8, 4) is 5.75 Å². The zero-order chi connectivity index (χ0) is 14.6. The molecule has 1 aliphatic carbocycles. The molecule has 0 bridgehead atoms. The quantitative estimate of drug-likeness (QED) is 0.885. The zero-order valence-electron chi connectivity index (χ0n) is 11.7. The molecule has 0 aliphatic heterocycles. The minimum atomic E-state index is -0.253. The second kappa shape index (κ2) is 6.59. The van der Waals surface area contributed by atoms with Gasteiger partial charge in [0.25, 0.3) is 5.91 Å². The molecule has 0 heterocycles. The number of carbonyl (C=O) groups excluding carboxylic acids is 1. The first kappa shape index (κ1) is 15.3. The number of hydrogen-bond donors (Lipinski definition) is 2. The van der Waals surface area contributed by atoms with Gasteiger partial charge in [0, 0.05) is 16.6 Å². The molecule has 110 valence electrons. The smallest absolute Gasteiger partial charge is 0.255 e. The number of hydrogen-bond acceptors (Lipinski definition) is 3. The Balaban J connectivity index is 2.01. The van der Waals surface area contributed by atoms with Crippen LogP contribution in [0.4, 0.5) is 0 Å². The van der Waals surface area contributed by atoms with Gasteiger partial charge in [-0.15, -0.1) is 0 Å². The SMILES string of the molecule is COc1cc(Br)ccc1C(=O)NCC1(N)CCCCC1. The van der Waals surface area contributed by atoms with Crippen molar-refractivity contribution >= 4 is 21.8 Å². The fourth-order valence-corrected chi connectivity index (χ4v) is 2.98.